The molecule has 1 aromatic carbocycles. The molecule has 0 bridgehead atoms. The molecule has 1 aromatic heterocycles. The molecule has 22 heavy (non-hydrogen) atoms. The van der Waals surface area contributed by atoms with Crippen LogP contribution < -0.4 is 15.0 Å². The topological polar surface area (TPSA) is 71.5 Å². The van der Waals surface area contributed by atoms with Crippen LogP contribution >= 0.6 is 0 Å². The zero-order valence-corrected chi connectivity index (χ0v) is 12.0. The van der Waals surface area contributed by atoms with Gasteiger partial charge >= 0.3 is 0 Å². The first-order chi connectivity index (χ1) is 10.7. The summed E-state index contributed by atoms with van der Waals surface area (Å²) < 4.78 is 4.97. The number of aromatic nitrogens is 1. The zero-order valence-electron chi connectivity index (χ0n) is 12.0. The number of hydrogen-bond donors (Lipinski definition) is 1. The fraction of sp³-hybridized carbons (Fsp3) is 0.188. The van der Waals surface area contributed by atoms with Crippen molar-refractivity contribution in [1.82, 2.24) is 4.98 Å². The van der Waals surface area contributed by atoms with Crippen molar-refractivity contribution >= 4 is 23.2 Å². The quantitative estimate of drug-likeness (QED) is 0.872. The summed E-state index contributed by atoms with van der Waals surface area (Å²) in [5, 5.41) is 3.09. The van der Waals surface area contributed by atoms with Gasteiger partial charge in [-0.1, -0.05) is 18.2 Å². The Hall–Kier alpha value is -2.89. The molecule has 6 nitrogen and oxygen atoms in total. The van der Waals surface area contributed by atoms with Crippen molar-refractivity contribution in [2.45, 2.75) is 12.5 Å². The monoisotopic (exact) mass is 297 g/mol. The predicted molar refractivity (Wildman–Crippen MR) is 81.8 cm³/mol. The fourth-order valence-corrected chi connectivity index (χ4v) is 2.38. The van der Waals surface area contributed by atoms with Crippen molar-refractivity contribution in [3.05, 3.63) is 48.7 Å². The van der Waals surface area contributed by atoms with Crippen molar-refractivity contribution in [2.75, 3.05) is 17.3 Å². The highest BCUT2D eigenvalue weighted by atomic mass is 16.5. The van der Waals surface area contributed by atoms with Crippen LogP contribution in [0.25, 0.3) is 0 Å². The molecular formula is C16H15N3O3. The summed E-state index contributed by atoms with van der Waals surface area (Å²) in [6.07, 6.45) is 1.58. The number of hydrogen-bond acceptors (Lipinski definition) is 5. The van der Waals surface area contributed by atoms with Crippen LogP contribution in [0.2, 0.25) is 0 Å². The van der Waals surface area contributed by atoms with Crippen LogP contribution in [-0.2, 0) is 9.59 Å². The van der Waals surface area contributed by atoms with Gasteiger partial charge in [-0.05, 0) is 18.2 Å². The van der Waals surface area contributed by atoms with Crippen LogP contribution in [0.3, 0.4) is 0 Å². The van der Waals surface area contributed by atoms with Crippen LogP contribution in [-0.4, -0.2) is 29.9 Å². The maximum absolute atomic E-state index is 12.5. The van der Waals surface area contributed by atoms with E-state index < -0.39 is 6.04 Å². The molecule has 1 fully saturated rings. The molecule has 112 valence electrons. The highest BCUT2D eigenvalue weighted by molar-refractivity contribution is 6.23. The molecule has 0 unspecified atom stereocenters. The third-order valence-corrected chi connectivity index (χ3v) is 3.45. The Morgan fingerprint density at radius 3 is 2.59 bits per heavy atom. The number of benzene rings is 1. The van der Waals surface area contributed by atoms with Crippen LogP contribution in [0, 0.1) is 0 Å². The second kappa shape index (κ2) is 5.85. The Morgan fingerprint density at radius 2 is 1.95 bits per heavy atom. The number of carbonyl (C=O) groups excluding carboxylic acids is 2. The summed E-state index contributed by atoms with van der Waals surface area (Å²) in [5.74, 6) is -0.0898. The van der Waals surface area contributed by atoms with Crippen LogP contribution in [0.15, 0.2) is 48.7 Å². The third kappa shape index (κ3) is 2.63. The summed E-state index contributed by atoms with van der Waals surface area (Å²) in [6.45, 7) is 0. The van der Waals surface area contributed by atoms with E-state index in [2.05, 4.69) is 10.3 Å². The number of nitrogens with one attached hydrogen (secondary N) is 1. The van der Waals surface area contributed by atoms with Gasteiger partial charge in [-0.15, -0.1) is 0 Å². The molecule has 1 aliphatic heterocycles. The van der Waals surface area contributed by atoms with E-state index in [9.17, 15) is 9.59 Å². The average molecular weight is 297 g/mol. The molecule has 1 aliphatic rings. The van der Waals surface area contributed by atoms with E-state index in [-0.39, 0.29) is 18.2 Å². The summed E-state index contributed by atoms with van der Waals surface area (Å²) >= 11 is 0. The highest BCUT2D eigenvalue weighted by Crippen LogP contribution is 2.25. The standard InChI is InChI=1S/C16H15N3O3/c1-22-14-8-7-12(10-17-14)19-15(20)9-13(16(19)21)18-11-5-3-2-4-6-11/h2-8,10,13,18H,9H2,1H3/t13-/m0/s1. The maximum atomic E-state index is 12.5. The summed E-state index contributed by atoms with van der Waals surface area (Å²) in [7, 11) is 1.51. The third-order valence-electron chi connectivity index (χ3n) is 3.45. The minimum atomic E-state index is -0.558. The van der Waals surface area contributed by atoms with Crippen LogP contribution in [0.5, 0.6) is 5.88 Å². The molecule has 1 atom stereocenters. The smallest absolute Gasteiger partial charge is 0.256 e. The van der Waals surface area contributed by atoms with E-state index in [1.54, 1.807) is 12.1 Å². The summed E-state index contributed by atoms with van der Waals surface area (Å²) in [5.41, 5.74) is 1.26. The Labute approximate surface area is 127 Å². The summed E-state index contributed by atoms with van der Waals surface area (Å²) in [4.78, 5) is 29.8. The van der Waals surface area contributed by atoms with Gasteiger partial charge in [0.05, 0.1) is 25.4 Å². The molecule has 0 aliphatic carbocycles. The van der Waals surface area contributed by atoms with Gasteiger partial charge in [0, 0.05) is 11.8 Å². The lowest BCUT2D eigenvalue weighted by molar-refractivity contribution is -0.121. The van der Waals surface area contributed by atoms with E-state index >= 15 is 0 Å². The van der Waals surface area contributed by atoms with Crippen molar-refractivity contribution in [1.29, 1.82) is 0 Å². The van der Waals surface area contributed by atoms with E-state index in [0.29, 0.717) is 11.6 Å². The minimum absolute atomic E-state index is 0.125. The van der Waals surface area contributed by atoms with Gasteiger partial charge in [-0.3, -0.25) is 9.59 Å². The van der Waals surface area contributed by atoms with Crippen molar-refractivity contribution < 1.29 is 14.3 Å². The number of nitrogens with zero attached hydrogens (tertiary/aromatic N) is 2. The number of ether oxygens (including phenoxy) is 1. The Bertz CT molecular complexity index is 686. The molecule has 0 saturated carbocycles. The SMILES string of the molecule is COc1ccc(N2C(=O)C[C@H](Nc3ccccc3)C2=O)cn1. The van der Waals surface area contributed by atoms with Crippen molar-refractivity contribution in [2.24, 2.45) is 0 Å². The fourth-order valence-electron chi connectivity index (χ4n) is 2.38. The number of rotatable bonds is 4. The van der Waals surface area contributed by atoms with Gasteiger partial charge < -0.3 is 10.1 Å². The van der Waals surface area contributed by atoms with E-state index in [0.717, 1.165) is 10.6 Å². The van der Waals surface area contributed by atoms with Crippen LogP contribution in [0.1, 0.15) is 6.42 Å². The Morgan fingerprint density at radius 1 is 1.18 bits per heavy atom. The van der Waals surface area contributed by atoms with Crippen LogP contribution in [0.4, 0.5) is 11.4 Å². The first kappa shape index (κ1) is 14.1. The van der Waals surface area contributed by atoms with Gasteiger partial charge in [0.25, 0.3) is 5.91 Å². The first-order valence-electron chi connectivity index (χ1n) is 6.87. The zero-order chi connectivity index (χ0) is 15.5. The highest BCUT2D eigenvalue weighted by Gasteiger charge is 2.39. The molecule has 1 N–H and O–H groups in total. The second-order valence-electron chi connectivity index (χ2n) is 4.89. The first-order valence-corrected chi connectivity index (χ1v) is 6.87. The molecule has 1 saturated heterocycles. The summed E-state index contributed by atoms with van der Waals surface area (Å²) in [6, 6.07) is 12.0. The average Bonchev–Trinajstić information content (AvgIpc) is 2.82. The number of imide groups is 1. The minimum Gasteiger partial charge on any atom is -0.481 e. The number of para-hydroxylation sites is 1. The lowest BCUT2D eigenvalue weighted by Gasteiger charge is -2.16. The number of carbonyl (C=O) groups is 2. The molecule has 2 heterocycles. The van der Waals surface area contributed by atoms with Crippen molar-refractivity contribution in [3.63, 3.8) is 0 Å². The number of anilines is 2. The maximum Gasteiger partial charge on any atom is 0.256 e. The number of amides is 2. The molecule has 6 heteroatoms. The molecular weight excluding hydrogens is 282 g/mol. The van der Waals surface area contributed by atoms with Gasteiger partial charge in [0.15, 0.2) is 0 Å². The lowest BCUT2D eigenvalue weighted by atomic mass is 10.2. The Balaban J connectivity index is 1.79. The number of pyridine rings is 1. The van der Waals surface area contributed by atoms with E-state index in [1.807, 2.05) is 30.3 Å². The second-order valence-corrected chi connectivity index (χ2v) is 4.89. The molecule has 2 amide bonds. The van der Waals surface area contributed by atoms with Gasteiger partial charge in [-0.25, -0.2) is 9.88 Å². The van der Waals surface area contributed by atoms with Gasteiger partial charge in [0.1, 0.15) is 6.04 Å². The van der Waals surface area contributed by atoms with E-state index in [4.69, 9.17) is 4.74 Å². The van der Waals surface area contributed by atoms with E-state index in [1.165, 1.54) is 13.3 Å². The molecule has 0 spiro atoms. The van der Waals surface area contributed by atoms with Crippen molar-refractivity contribution in [3.8, 4) is 5.88 Å². The molecule has 3 rings (SSSR count). The van der Waals surface area contributed by atoms with Gasteiger partial charge in [0.2, 0.25) is 11.8 Å². The normalized spacial score (nSPS) is 17.7. The molecule has 0 radical (unpaired) electrons. The van der Waals surface area contributed by atoms with Gasteiger partial charge in [-0.2, -0.15) is 0 Å². The molecule has 2 aromatic rings. The Kier molecular flexibility index (Phi) is 3.74. The lowest BCUT2D eigenvalue weighted by Crippen LogP contribution is -2.34. The largest absolute Gasteiger partial charge is 0.481 e. The number of methoxy groups -OCH3 is 1. The predicted octanol–water partition coefficient (Wildman–Crippen LogP) is 1.83.